The second-order valence-corrected chi connectivity index (χ2v) is 4.90. The van der Waals surface area contributed by atoms with Crippen LogP contribution in [-0.4, -0.2) is 23.9 Å². The fourth-order valence-electron chi connectivity index (χ4n) is 3.07. The molecule has 3 nitrogen and oxygen atoms in total. The second-order valence-electron chi connectivity index (χ2n) is 4.90. The van der Waals surface area contributed by atoms with Gasteiger partial charge in [-0.05, 0) is 25.7 Å². The van der Waals surface area contributed by atoms with Gasteiger partial charge in [-0.15, -0.1) is 0 Å². The van der Waals surface area contributed by atoms with Gasteiger partial charge < -0.3 is 9.84 Å². The number of ether oxygens (including phenoxy) is 1. The second kappa shape index (κ2) is 4.11. The summed E-state index contributed by atoms with van der Waals surface area (Å²) in [5.41, 5.74) is -1.28. The minimum Gasteiger partial charge on any atom is -0.388 e. The van der Waals surface area contributed by atoms with Gasteiger partial charge >= 0.3 is 0 Å². The van der Waals surface area contributed by atoms with Gasteiger partial charge in [0.05, 0.1) is 17.1 Å². The van der Waals surface area contributed by atoms with Crippen molar-refractivity contribution in [3.63, 3.8) is 0 Å². The van der Waals surface area contributed by atoms with E-state index in [-0.39, 0.29) is 0 Å². The SMILES string of the molecule is N#CC1(C2(O)CCCOCC2)CCCC1. The van der Waals surface area contributed by atoms with Gasteiger partial charge in [0, 0.05) is 19.6 Å². The van der Waals surface area contributed by atoms with Crippen molar-refractivity contribution < 1.29 is 9.84 Å². The van der Waals surface area contributed by atoms with Crippen LogP contribution in [0.1, 0.15) is 44.9 Å². The lowest BCUT2D eigenvalue weighted by molar-refractivity contribution is -0.0671. The van der Waals surface area contributed by atoms with Crippen LogP contribution in [0.3, 0.4) is 0 Å². The Kier molecular flexibility index (Phi) is 2.99. The van der Waals surface area contributed by atoms with Gasteiger partial charge in [0.15, 0.2) is 0 Å². The van der Waals surface area contributed by atoms with Gasteiger partial charge in [0.1, 0.15) is 0 Å². The molecule has 1 aliphatic carbocycles. The van der Waals surface area contributed by atoms with Crippen LogP contribution in [0.4, 0.5) is 0 Å². The molecule has 0 aromatic heterocycles. The van der Waals surface area contributed by atoms with Crippen molar-refractivity contribution in [3.8, 4) is 6.07 Å². The van der Waals surface area contributed by atoms with Crippen LogP contribution in [0, 0.1) is 16.7 Å². The first-order valence-electron chi connectivity index (χ1n) is 5.94. The molecule has 0 aromatic carbocycles. The van der Waals surface area contributed by atoms with E-state index >= 15 is 0 Å². The minimum atomic E-state index is -0.797. The Morgan fingerprint density at radius 1 is 1.00 bits per heavy atom. The van der Waals surface area contributed by atoms with E-state index in [4.69, 9.17) is 4.74 Å². The van der Waals surface area contributed by atoms with Gasteiger partial charge in [-0.1, -0.05) is 12.8 Å². The third-order valence-corrected chi connectivity index (χ3v) is 4.10. The summed E-state index contributed by atoms with van der Waals surface area (Å²) in [4.78, 5) is 0. The van der Waals surface area contributed by atoms with E-state index in [0.717, 1.165) is 45.1 Å². The Labute approximate surface area is 91.0 Å². The Balaban J connectivity index is 2.21. The average Bonchev–Trinajstić information content (AvgIpc) is 2.64. The molecule has 0 aromatic rings. The molecular formula is C12H19NO2. The Bertz CT molecular complexity index is 255. The predicted molar refractivity (Wildman–Crippen MR) is 56.1 cm³/mol. The molecule has 1 saturated carbocycles. The van der Waals surface area contributed by atoms with Crippen molar-refractivity contribution in [3.05, 3.63) is 0 Å². The Hall–Kier alpha value is -0.590. The van der Waals surface area contributed by atoms with E-state index in [9.17, 15) is 10.4 Å². The molecule has 1 saturated heterocycles. The largest absolute Gasteiger partial charge is 0.388 e. The van der Waals surface area contributed by atoms with Gasteiger partial charge in [-0.25, -0.2) is 0 Å². The Morgan fingerprint density at radius 2 is 1.73 bits per heavy atom. The molecule has 1 aliphatic heterocycles. The number of rotatable bonds is 1. The number of aliphatic hydroxyl groups is 1. The number of hydrogen-bond acceptors (Lipinski definition) is 3. The van der Waals surface area contributed by atoms with E-state index in [1.165, 1.54) is 0 Å². The minimum absolute atomic E-state index is 0.485. The molecule has 84 valence electrons. The molecule has 1 heterocycles. The zero-order chi connectivity index (χ0) is 10.8. The standard InChI is InChI=1S/C12H19NO2/c13-10-11(4-1-2-5-11)12(14)6-3-8-15-9-7-12/h14H,1-9H2. The van der Waals surface area contributed by atoms with Crippen LogP contribution in [0.5, 0.6) is 0 Å². The lowest BCUT2D eigenvalue weighted by Crippen LogP contribution is -2.46. The fraction of sp³-hybridized carbons (Fsp3) is 0.917. The highest BCUT2D eigenvalue weighted by molar-refractivity contribution is 5.13. The molecule has 1 atom stereocenters. The summed E-state index contributed by atoms with van der Waals surface area (Å²) in [6.07, 6.45) is 6.11. The first-order chi connectivity index (χ1) is 7.22. The highest BCUT2D eigenvalue weighted by atomic mass is 16.5. The smallest absolute Gasteiger partial charge is 0.0861 e. The zero-order valence-electron chi connectivity index (χ0n) is 9.17. The fourth-order valence-corrected chi connectivity index (χ4v) is 3.07. The van der Waals surface area contributed by atoms with Crippen molar-refractivity contribution >= 4 is 0 Å². The third kappa shape index (κ3) is 1.77. The van der Waals surface area contributed by atoms with Gasteiger partial charge in [-0.2, -0.15) is 5.26 Å². The molecule has 3 heteroatoms. The molecular weight excluding hydrogens is 190 g/mol. The van der Waals surface area contributed by atoms with Crippen molar-refractivity contribution in [2.45, 2.75) is 50.5 Å². The molecule has 1 unspecified atom stereocenters. The average molecular weight is 209 g/mol. The summed E-state index contributed by atoms with van der Waals surface area (Å²) in [7, 11) is 0. The summed E-state index contributed by atoms with van der Waals surface area (Å²) < 4.78 is 5.37. The normalized spacial score (nSPS) is 35.7. The van der Waals surface area contributed by atoms with Crippen molar-refractivity contribution in [1.82, 2.24) is 0 Å². The molecule has 2 fully saturated rings. The predicted octanol–water partition coefficient (Wildman–Crippen LogP) is 2.00. The Morgan fingerprint density at radius 3 is 2.40 bits per heavy atom. The van der Waals surface area contributed by atoms with Crippen LogP contribution >= 0.6 is 0 Å². The van der Waals surface area contributed by atoms with Crippen molar-refractivity contribution in [2.75, 3.05) is 13.2 Å². The zero-order valence-corrected chi connectivity index (χ0v) is 9.17. The van der Waals surface area contributed by atoms with Gasteiger partial charge in [0.2, 0.25) is 0 Å². The molecule has 2 aliphatic rings. The van der Waals surface area contributed by atoms with Gasteiger partial charge in [-0.3, -0.25) is 0 Å². The molecule has 0 spiro atoms. The maximum atomic E-state index is 10.7. The lowest BCUT2D eigenvalue weighted by atomic mass is 9.68. The van der Waals surface area contributed by atoms with E-state index in [2.05, 4.69) is 6.07 Å². The van der Waals surface area contributed by atoms with Crippen LogP contribution in [0.2, 0.25) is 0 Å². The highest BCUT2D eigenvalue weighted by Crippen LogP contribution is 2.50. The lowest BCUT2D eigenvalue weighted by Gasteiger charge is -2.39. The van der Waals surface area contributed by atoms with Crippen molar-refractivity contribution in [2.24, 2.45) is 5.41 Å². The highest BCUT2D eigenvalue weighted by Gasteiger charge is 2.51. The summed E-state index contributed by atoms with van der Waals surface area (Å²) in [5, 5.41) is 20.1. The third-order valence-electron chi connectivity index (χ3n) is 4.10. The summed E-state index contributed by atoms with van der Waals surface area (Å²) >= 11 is 0. The van der Waals surface area contributed by atoms with Gasteiger partial charge in [0.25, 0.3) is 0 Å². The summed E-state index contributed by atoms with van der Waals surface area (Å²) in [5.74, 6) is 0. The first kappa shape index (κ1) is 10.9. The van der Waals surface area contributed by atoms with Crippen LogP contribution in [0.15, 0.2) is 0 Å². The molecule has 0 bridgehead atoms. The molecule has 15 heavy (non-hydrogen) atoms. The number of hydrogen-bond donors (Lipinski definition) is 1. The maximum absolute atomic E-state index is 10.7. The molecule has 2 rings (SSSR count). The van der Waals surface area contributed by atoms with Crippen molar-refractivity contribution in [1.29, 1.82) is 5.26 Å². The van der Waals surface area contributed by atoms with E-state index in [1.54, 1.807) is 0 Å². The van der Waals surface area contributed by atoms with Crippen LogP contribution in [0.25, 0.3) is 0 Å². The summed E-state index contributed by atoms with van der Waals surface area (Å²) in [6.45, 7) is 1.32. The molecule has 1 N–H and O–H groups in total. The first-order valence-corrected chi connectivity index (χ1v) is 5.94. The molecule has 0 amide bonds. The summed E-state index contributed by atoms with van der Waals surface area (Å²) in [6, 6.07) is 2.41. The van der Waals surface area contributed by atoms with Crippen LogP contribution in [-0.2, 0) is 4.74 Å². The van der Waals surface area contributed by atoms with Crippen LogP contribution < -0.4 is 0 Å². The monoisotopic (exact) mass is 209 g/mol. The quantitative estimate of drug-likeness (QED) is 0.718. The van der Waals surface area contributed by atoms with E-state index in [0.29, 0.717) is 13.0 Å². The topological polar surface area (TPSA) is 53.2 Å². The maximum Gasteiger partial charge on any atom is 0.0861 e. The van der Waals surface area contributed by atoms with E-state index in [1.807, 2.05) is 0 Å². The number of nitriles is 1. The van der Waals surface area contributed by atoms with E-state index < -0.39 is 11.0 Å². The molecule has 0 radical (unpaired) electrons. The number of nitrogens with zero attached hydrogens (tertiary/aromatic N) is 1.